The summed E-state index contributed by atoms with van der Waals surface area (Å²) in [7, 11) is 1.66. The minimum Gasteiger partial charge on any atom is -0.505 e. The molecule has 2 aromatic rings. The molecule has 19 heavy (non-hydrogen) atoms. The Hall–Kier alpha value is -1.98. The van der Waals surface area contributed by atoms with Crippen molar-refractivity contribution in [3.63, 3.8) is 0 Å². The first kappa shape index (κ1) is 13.5. The Morgan fingerprint density at radius 1 is 1.16 bits per heavy atom. The third kappa shape index (κ3) is 4.31. The normalized spacial score (nSPS) is 10.2. The second kappa shape index (κ2) is 7.45. The number of benzene rings is 1. The highest BCUT2D eigenvalue weighted by Crippen LogP contribution is 2.11. The third-order valence-corrected chi connectivity index (χ3v) is 3.49. The van der Waals surface area contributed by atoms with E-state index in [4.69, 9.17) is 4.74 Å². The average molecular weight is 268 g/mol. The van der Waals surface area contributed by atoms with Gasteiger partial charge in [0, 0.05) is 6.42 Å². The molecule has 0 saturated heterocycles. The minimum atomic E-state index is 0.787. The van der Waals surface area contributed by atoms with E-state index in [2.05, 4.69) is 36.1 Å². The topological polar surface area (TPSA) is 9.23 Å². The molecule has 0 aliphatic rings. The highest BCUT2D eigenvalue weighted by molar-refractivity contribution is 7.10. The molecule has 0 bridgehead atoms. The molecule has 96 valence electrons. The Morgan fingerprint density at radius 2 is 2.00 bits per heavy atom. The first-order valence-corrected chi connectivity index (χ1v) is 7.05. The summed E-state index contributed by atoms with van der Waals surface area (Å²) < 4.78 is 4.93. The van der Waals surface area contributed by atoms with Crippen LogP contribution in [0, 0.1) is 11.8 Å². The van der Waals surface area contributed by atoms with E-state index in [1.54, 1.807) is 24.7 Å². The number of rotatable bonds is 4. The quantitative estimate of drug-likeness (QED) is 0.600. The first-order valence-electron chi connectivity index (χ1n) is 6.17. The van der Waals surface area contributed by atoms with Gasteiger partial charge in [0.2, 0.25) is 0 Å². The number of hydrogen-bond acceptors (Lipinski definition) is 2. The SMILES string of the molecule is CO/C=C/Cc1ccccc1CC#Cc1cccs1. The Labute approximate surface area is 118 Å². The number of methoxy groups -OCH3 is 1. The third-order valence-electron chi connectivity index (χ3n) is 2.70. The van der Waals surface area contributed by atoms with Gasteiger partial charge in [-0.25, -0.2) is 0 Å². The second-order valence-corrected chi connectivity index (χ2v) is 4.98. The van der Waals surface area contributed by atoms with Crippen molar-refractivity contribution < 1.29 is 4.74 Å². The van der Waals surface area contributed by atoms with Crippen molar-refractivity contribution in [3.05, 3.63) is 70.1 Å². The van der Waals surface area contributed by atoms with Crippen LogP contribution >= 0.6 is 11.3 Å². The van der Waals surface area contributed by atoms with Crippen LogP contribution in [-0.4, -0.2) is 7.11 Å². The summed E-state index contributed by atoms with van der Waals surface area (Å²) in [5, 5.41) is 2.05. The van der Waals surface area contributed by atoms with Crippen LogP contribution in [0.2, 0.25) is 0 Å². The summed E-state index contributed by atoms with van der Waals surface area (Å²) in [5.41, 5.74) is 2.59. The van der Waals surface area contributed by atoms with Crippen molar-refractivity contribution in [3.8, 4) is 11.8 Å². The van der Waals surface area contributed by atoms with Gasteiger partial charge in [0.1, 0.15) is 0 Å². The van der Waals surface area contributed by atoms with E-state index < -0.39 is 0 Å². The predicted molar refractivity (Wildman–Crippen MR) is 81.2 cm³/mol. The van der Waals surface area contributed by atoms with E-state index in [1.807, 2.05) is 23.6 Å². The molecule has 0 unspecified atom stereocenters. The lowest BCUT2D eigenvalue weighted by Crippen LogP contribution is -1.91. The molecule has 0 amide bonds. The average Bonchev–Trinajstić information content (AvgIpc) is 2.94. The summed E-state index contributed by atoms with van der Waals surface area (Å²) in [6.07, 6.45) is 5.40. The molecule has 2 heteroatoms. The van der Waals surface area contributed by atoms with Gasteiger partial charge >= 0.3 is 0 Å². The van der Waals surface area contributed by atoms with Gasteiger partial charge in [-0.3, -0.25) is 0 Å². The molecule has 1 heterocycles. The van der Waals surface area contributed by atoms with Gasteiger partial charge < -0.3 is 4.74 Å². The minimum absolute atomic E-state index is 0.787. The molecule has 2 rings (SSSR count). The Morgan fingerprint density at radius 3 is 2.74 bits per heavy atom. The summed E-state index contributed by atoms with van der Waals surface area (Å²) in [6.45, 7) is 0. The van der Waals surface area contributed by atoms with Gasteiger partial charge in [-0.05, 0) is 35.1 Å². The number of thiophene rings is 1. The molecule has 0 atom stereocenters. The monoisotopic (exact) mass is 268 g/mol. The number of hydrogen-bond donors (Lipinski definition) is 0. The molecule has 0 N–H and O–H groups in total. The highest BCUT2D eigenvalue weighted by atomic mass is 32.1. The lowest BCUT2D eigenvalue weighted by atomic mass is 10.0. The van der Waals surface area contributed by atoms with Crippen LogP contribution in [0.1, 0.15) is 16.0 Å². The van der Waals surface area contributed by atoms with Gasteiger partial charge in [0.05, 0.1) is 18.2 Å². The molecule has 1 aromatic heterocycles. The van der Waals surface area contributed by atoms with Crippen LogP contribution in [0.4, 0.5) is 0 Å². The molecule has 0 spiro atoms. The Balaban J connectivity index is 2.05. The molecule has 0 radical (unpaired) electrons. The van der Waals surface area contributed by atoms with E-state index in [0.717, 1.165) is 17.7 Å². The van der Waals surface area contributed by atoms with E-state index in [9.17, 15) is 0 Å². The van der Waals surface area contributed by atoms with Crippen molar-refractivity contribution in [2.45, 2.75) is 12.8 Å². The van der Waals surface area contributed by atoms with E-state index in [0.29, 0.717) is 0 Å². The van der Waals surface area contributed by atoms with Gasteiger partial charge in [0.25, 0.3) is 0 Å². The molecule has 0 saturated carbocycles. The van der Waals surface area contributed by atoms with Crippen molar-refractivity contribution >= 4 is 11.3 Å². The molecule has 0 fully saturated rings. The Kier molecular flexibility index (Phi) is 5.28. The number of ether oxygens (including phenoxy) is 1. The molecule has 1 aromatic carbocycles. The zero-order valence-electron chi connectivity index (χ0n) is 10.9. The zero-order chi connectivity index (χ0) is 13.3. The van der Waals surface area contributed by atoms with Crippen molar-refractivity contribution in [2.24, 2.45) is 0 Å². The fourth-order valence-corrected chi connectivity index (χ4v) is 2.37. The van der Waals surface area contributed by atoms with Gasteiger partial charge in [-0.2, -0.15) is 0 Å². The standard InChI is InChI=1S/C17H16OS/c1-18-13-5-10-16-8-3-2-7-15(16)9-4-11-17-12-6-14-19-17/h2-3,5-8,12-14H,9-10H2,1H3/b13-5+. The second-order valence-electron chi connectivity index (χ2n) is 4.04. The lowest BCUT2D eigenvalue weighted by molar-refractivity contribution is 0.337. The molecular weight excluding hydrogens is 252 g/mol. The van der Waals surface area contributed by atoms with Gasteiger partial charge in [-0.1, -0.05) is 42.2 Å². The maximum absolute atomic E-state index is 4.93. The molecule has 0 aliphatic carbocycles. The van der Waals surface area contributed by atoms with E-state index in [1.165, 1.54) is 11.1 Å². The summed E-state index contributed by atoms with van der Waals surface area (Å²) >= 11 is 1.68. The zero-order valence-corrected chi connectivity index (χ0v) is 11.7. The molecular formula is C17H16OS. The summed E-state index contributed by atoms with van der Waals surface area (Å²) in [6, 6.07) is 12.5. The maximum atomic E-state index is 4.93. The molecule has 1 nitrogen and oxygen atoms in total. The maximum Gasteiger partial charge on any atom is 0.0788 e. The fourth-order valence-electron chi connectivity index (χ4n) is 1.78. The van der Waals surface area contributed by atoms with Crippen molar-refractivity contribution in [1.82, 2.24) is 0 Å². The van der Waals surface area contributed by atoms with Crippen molar-refractivity contribution in [1.29, 1.82) is 0 Å². The van der Waals surface area contributed by atoms with Crippen LogP contribution in [0.3, 0.4) is 0 Å². The predicted octanol–water partition coefficient (Wildman–Crippen LogP) is 4.04. The van der Waals surface area contributed by atoms with E-state index in [-0.39, 0.29) is 0 Å². The van der Waals surface area contributed by atoms with Crippen LogP contribution in [0.15, 0.2) is 54.1 Å². The fraction of sp³-hybridized carbons (Fsp3) is 0.176. The summed E-state index contributed by atoms with van der Waals surface area (Å²) in [4.78, 5) is 1.12. The van der Waals surface area contributed by atoms with Crippen LogP contribution < -0.4 is 0 Å². The highest BCUT2D eigenvalue weighted by Gasteiger charge is 1.98. The van der Waals surface area contributed by atoms with Crippen LogP contribution in [0.5, 0.6) is 0 Å². The van der Waals surface area contributed by atoms with Gasteiger partial charge in [0.15, 0.2) is 0 Å². The first-order chi connectivity index (χ1) is 9.40. The summed E-state index contributed by atoms with van der Waals surface area (Å²) in [5.74, 6) is 6.43. The molecule has 0 aliphatic heterocycles. The lowest BCUT2D eigenvalue weighted by Gasteiger charge is -2.03. The van der Waals surface area contributed by atoms with Gasteiger partial charge in [-0.15, -0.1) is 11.3 Å². The smallest absolute Gasteiger partial charge is 0.0788 e. The van der Waals surface area contributed by atoms with E-state index >= 15 is 0 Å². The van der Waals surface area contributed by atoms with Crippen molar-refractivity contribution in [2.75, 3.05) is 7.11 Å². The van der Waals surface area contributed by atoms with Crippen LogP contribution in [0.25, 0.3) is 0 Å². The number of allylic oxidation sites excluding steroid dienone is 1. The van der Waals surface area contributed by atoms with Crippen LogP contribution in [-0.2, 0) is 17.6 Å². The largest absolute Gasteiger partial charge is 0.505 e. The Bertz CT molecular complexity index is 585.